The Labute approximate surface area is 560 Å². The van der Waals surface area contributed by atoms with Crippen molar-refractivity contribution in [3.63, 3.8) is 0 Å². The maximum Gasteiger partial charge on any atom is 0.410 e. The predicted molar refractivity (Wildman–Crippen MR) is 357 cm³/mol. The molecule has 2 heterocycles. The number of carboxylic acid groups (broad SMARTS) is 1. The highest BCUT2D eigenvalue weighted by atomic mass is 16.6. The molecule has 0 unspecified atom stereocenters. The first-order valence-electron chi connectivity index (χ1n) is 33.6. The molecule has 0 radical (unpaired) electrons. The molecule has 6 N–H and O–H groups in total. The standard InChI is InChI=1S/C71H106N8O16/c1-14-46(8)65(58(93-12)41-62(86)78-36-22-26-54(78)66(94-13)47(9)67(87)74-53(69(89)90)37-48-23-17-15-18-24-48)76(10)68(88)52(43(2)3)40-57(82)64(45(6)7)77(11)71(92)95-42-50-30-28-49(29-31-50)38-55(80)51(25-21-34-73-70(72)91)39-56(81)63(44(4)5)75-59(83)27-19-16-20-35-79-60(84)32-33-61(79)85/h15,17-18,23-24,28-33,43-47,51-54,58,63-66H,14,16,19-22,25-27,34-42H2,1-13H3,(H,74,87)(H,75,83)(H,89,90)(H3,72,73,91)/t46-,47+,51+,52-,53-,54-,58+,63-,64-,65-,66+/m0/s1. The Kier molecular flexibility index (Phi) is 32.9. The Hall–Kier alpha value is -7.86. The number of primary amides is 1. The topological polar surface area (TPSA) is 328 Å². The number of hydrogen-bond acceptors (Lipinski definition) is 15. The summed E-state index contributed by atoms with van der Waals surface area (Å²) < 4.78 is 17.8. The van der Waals surface area contributed by atoms with Gasteiger partial charge in [-0.1, -0.05) is 130 Å². The summed E-state index contributed by atoms with van der Waals surface area (Å²) in [6, 6.07) is 11.0. The van der Waals surface area contributed by atoms with Crippen LogP contribution in [0.5, 0.6) is 0 Å². The number of unbranched alkanes of at least 4 members (excludes halogenated alkanes) is 2. The number of urea groups is 1. The summed E-state index contributed by atoms with van der Waals surface area (Å²) in [5.41, 5.74) is 7.23. The summed E-state index contributed by atoms with van der Waals surface area (Å²) in [4.78, 5) is 165. The van der Waals surface area contributed by atoms with Crippen molar-refractivity contribution >= 4 is 70.9 Å². The molecule has 2 aliphatic heterocycles. The molecule has 0 aliphatic carbocycles. The van der Waals surface area contributed by atoms with Gasteiger partial charge in [-0.3, -0.25) is 48.1 Å². The third kappa shape index (κ3) is 24.1. The van der Waals surface area contributed by atoms with E-state index in [2.05, 4.69) is 16.0 Å². The van der Waals surface area contributed by atoms with E-state index < -0.39 is 84.2 Å². The maximum absolute atomic E-state index is 14.9. The summed E-state index contributed by atoms with van der Waals surface area (Å²) in [6.45, 7) is 17.2. The Bertz CT molecular complexity index is 2940. The van der Waals surface area contributed by atoms with Crippen LogP contribution in [0.3, 0.4) is 0 Å². The van der Waals surface area contributed by atoms with Crippen molar-refractivity contribution in [1.82, 2.24) is 35.6 Å². The number of amides is 9. The van der Waals surface area contributed by atoms with Crippen molar-refractivity contribution < 1.29 is 76.9 Å². The highest BCUT2D eigenvalue weighted by Gasteiger charge is 2.44. The lowest BCUT2D eigenvalue weighted by Crippen LogP contribution is -2.55. The van der Waals surface area contributed by atoms with Gasteiger partial charge < -0.3 is 55.7 Å². The van der Waals surface area contributed by atoms with Crippen LogP contribution in [0.2, 0.25) is 0 Å². The van der Waals surface area contributed by atoms with Gasteiger partial charge in [0.2, 0.25) is 23.6 Å². The monoisotopic (exact) mass is 1330 g/mol. The van der Waals surface area contributed by atoms with E-state index in [0.29, 0.717) is 62.6 Å². The van der Waals surface area contributed by atoms with Crippen molar-refractivity contribution in [2.24, 2.45) is 47.2 Å². The van der Waals surface area contributed by atoms with Gasteiger partial charge in [-0.05, 0) is 78.9 Å². The lowest BCUT2D eigenvalue weighted by molar-refractivity contribution is -0.149. The Balaban J connectivity index is 1.38. The summed E-state index contributed by atoms with van der Waals surface area (Å²) in [5.74, 6) is -7.82. The van der Waals surface area contributed by atoms with Crippen LogP contribution in [0.25, 0.3) is 0 Å². The van der Waals surface area contributed by atoms with Crippen molar-refractivity contribution in [2.45, 2.75) is 201 Å². The molecule has 24 nitrogen and oxygen atoms in total. The molecule has 0 bridgehead atoms. The number of ketones is 3. The van der Waals surface area contributed by atoms with Crippen LogP contribution in [-0.4, -0.2) is 186 Å². The van der Waals surface area contributed by atoms with E-state index in [1.165, 1.54) is 38.3 Å². The molecule has 0 spiro atoms. The van der Waals surface area contributed by atoms with E-state index in [-0.39, 0.29) is 135 Å². The van der Waals surface area contributed by atoms with E-state index in [1.54, 1.807) is 100.0 Å². The Morgan fingerprint density at radius 1 is 0.716 bits per heavy atom. The van der Waals surface area contributed by atoms with Gasteiger partial charge in [-0.2, -0.15) is 0 Å². The van der Waals surface area contributed by atoms with Crippen LogP contribution in [0.4, 0.5) is 9.59 Å². The zero-order valence-corrected chi connectivity index (χ0v) is 58.1. The molecular weight excluding hydrogens is 1220 g/mol. The zero-order valence-electron chi connectivity index (χ0n) is 58.1. The molecule has 11 atom stereocenters. The number of aliphatic carboxylic acids is 1. The summed E-state index contributed by atoms with van der Waals surface area (Å²) >= 11 is 0. The second-order valence-electron chi connectivity index (χ2n) is 26.6. The molecule has 1 fully saturated rings. The van der Waals surface area contributed by atoms with E-state index in [1.807, 2.05) is 33.8 Å². The van der Waals surface area contributed by atoms with Crippen LogP contribution in [0.1, 0.15) is 156 Å². The number of methoxy groups -OCH3 is 2. The smallest absolute Gasteiger partial charge is 0.410 e. The first kappa shape index (κ1) is 79.6. The number of benzene rings is 2. The van der Waals surface area contributed by atoms with Gasteiger partial charge in [0.25, 0.3) is 11.8 Å². The third-order valence-electron chi connectivity index (χ3n) is 18.6. The number of Topliss-reactive ketones (excluding diaryl/α,β-unsaturated/α-hetero) is 3. The second kappa shape index (κ2) is 39.2. The summed E-state index contributed by atoms with van der Waals surface area (Å²) in [6.07, 6.45) is 3.80. The number of ether oxygens (including phenoxy) is 3. The van der Waals surface area contributed by atoms with Gasteiger partial charge in [0.1, 0.15) is 18.4 Å². The van der Waals surface area contributed by atoms with Gasteiger partial charge >= 0.3 is 18.1 Å². The van der Waals surface area contributed by atoms with Gasteiger partial charge in [-0.15, -0.1) is 0 Å². The van der Waals surface area contributed by atoms with Gasteiger partial charge in [0.15, 0.2) is 11.6 Å². The number of nitrogens with one attached hydrogen (secondary N) is 3. The molecule has 2 aliphatic rings. The minimum atomic E-state index is -1.19. The number of hydrogen-bond donors (Lipinski definition) is 5. The Morgan fingerprint density at radius 3 is 1.93 bits per heavy atom. The Morgan fingerprint density at radius 2 is 1.36 bits per heavy atom. The molecule has 0 saturated carbocycles. The zero-order chi connectivity index (χ0) is 70.8. The fourth-order valence-corrected chi connectivity index (χ4v) is 12.9. The minimum Gasteiger partial charge on any atom is -0.480 e. The second-order valence-corrected chi connectivity index (χ2v) is 26.6. The van der Waals surface area contributed by atoms with Crippen molar-refractivity contribution in [1.29, 1.82) is 0 Å². The van der Waals surface area contributed by atoms with E-state index in [9.17, 15) is 62.6 Å². The number of likely N-dealkylation sites (tertiary alicyclic amines) is 1. The molecular formula is C71H106N8O16. The fourth-order valence-electron chi connectivity index (χ4n) is 12.9. The van der Waals surface area contributed by atoms with Gasteiger partial charge in [-0.25, -0.2) is 14.4 Å². The first-order valence-corrected chi connectivity index (χ1v) is 33.6. The van der Waals surface area contributed by atoms with Crippen LogP contribution in [-0.2, 0) is 81.6 Å². The van der Waals surface area contributed by atoms with Crippen molar-refractivity contribution in [2.75, 3.05) is 47.9 Å². The van der Waals surface area contributed by atoms with Crippen LogP contribution in [0, 0.1) is 41.4 Å². The average molecular weight is 1330 g/mol. The predicted octanol–water partition coefficient (Wildman–Crippen LogP) is 7.01. The van der Waals surface area contributed by atoms with Crippen LogP contribution in [0.15, 0.2) is 66.7 Å². The van der Waals surface area contributed by atoms with E-state index in [0.717, 1.165) is 10.5 Å². The highest BCUT2D eigenvalue weighted by molar-refractivity contribution is 6.12. The molecule has 1 saturated heterocycles. The number of carbonyl (C=O) groups excluding carboxylic acids is 11. The van der Waals surface area contributed by atoms with Crippen molar-refractivity contribution in [3.05, 3.63) is 83.4 Å². The van der Waals surface area contributed by atoms with Crippen LogP contribution < -0.4 is 21.7 Å². The molecule has 2 aromatic rings. The molecule has 2 aromatic carbocycles. The van der Waals surface area contributed by atoms with Gasteiger partial charge in [0.05, 0.1) is 48.7 Å². The average Bonchev–Trinajstić information content (AvgIpc) is 1.81. The SMILES string of the molecule is CC[C@H](C)[C@@H]([C@@H](CC(=O)N1CCC[C@H]1[C@H](OC)[C@@H](C)C(=O)N[C@@H](Cc1ccccc1)C(=O)O)OC)N(C)C(=O)[C@@H](CC(=O)[C@H](C(C)C)N(C)C(=O)OCc1ccc(CC(=O)[C@H](CCCNC(N)=O)CC(=O)[C@@H](NC(=O)CCCCCN2C(=O)C=CC2=O)C(C)C)cc1)C(C)C. The number of likely N-dealkylation sites (N-methyl/N-ethyl adjacent to an activating group) is 2. The fraction of sp³-hybridized carbons (Fsp3) is 0.634. The number of nitrogens with two attached hydrogens (primary N) is 1. The number of carbonyl (C=O) groups is 12. The first-order chi connectivity index (χ1) is 44.9. The lowest BCUT2D eigenvalue weighted by atomic mass is 9.83. The molecule has 0 aromatic heterocycles. The molecule has 4 rings (SSSR count). The van der Waals surface area contributed by atoms with Crippen LogP contribution >= 0.6 is 0 Å². The summed E-state index contributed by atoms with van der Waals surface area (Å²) in [5, 5.41) is 18.1. The number of rotatable bonds is 42. The quantitative estimate of drug-likeness (QED) is 0.0330. The molecule has 9 amide bonds. The third-order valence-corrected chi connectivity index (χ3v) is 18.6. The van der Waals surface area contributed by atoms with E-state index >= 15 is 0 Å². The maximum atomic E-state index is 14.9. The lowest BCUT2D eigenvalue weighted by Gasteiger charge is -2.41. The molecule has 24 heteroatoms. The van der Waals surface area contributed by atoms with E-state index in [4.69, 9.17) is 19.9 Å². The molecule has 526 valence electrons. The molecule has 95 heavy (non-hydrogen) atoms. The van der Waals surface area contributed by atoms with Crippen molar-refractivity contribution in [3.8, 4) is 0 Å². The highest BCUT2D eigenvalue weighted by Crippen LogP contribution is 2.32. The number of carboxylic acids is 1. The largest absolute Gasteiger partial charge is 0.480 e. The summed E-state index contributed by atoms with van der Waals surface area (Å²) in [7, 11) is 6.09. The number of imide groups is 1. The number of nitrogens with zero attached hydrogens (tertiary/aromatic N) is 4. The normalized spacial score (nSPS) is 17.1. The van der Waals surface area contributed by atoms with Gasteiger partial charge in [0, 0.05) is 104 Å². The minimum absolute atomic E-state index is 0.0400.